The van der Waals surface area contributed by atoms with Crippen LogP contribution in [0.5, 0.6) is 0 Å². The van der Waals surface area contributed by atoms with Crippen molar-refractivity contribution >= 4 is 11.8 Å². The van der Waals surface area contributed by atoms with Gasteiger partial charge in [0, 0.05) is 25.4 Å². The van der Waals surface area contributed by atoms with E-state index < -0.39 is 5.97 Å². The smallest absolute Gasteiger partial charge is 0.338 e. The Morgan fingerprint density at radius 2 is 2.10 bits per heavy atom. The van der Waals surface area contributed by atoms with Crippen LogP contribution in [0, 0.1) is 11.3 Å². The summed E-state index contributed by atoms with van der Waals surface area (Å²) in [5, 5.41) is 21.9. The average molecular weight is 284 g/mol. The molecule has 0 aliphatic carbocycles. The number of hydrogen-bond donors (Lipinski definition) is 1. The van der Waals surface area contributed by atoms with Crippen LogP contribution >= 0.6 is 0 Å². The fraction of sp³-hybridized carbons (Fsp3) is 0.308. The lowest BCUT2D eigenvalue weighted by Crippen LogP contribution is -2.20. The van der Waals surface area contributed by atoms with E-state index in [0.29, 0.717) is 5.82 Å². The van der Waals surface area contributed by atoms with Crippen LogP contribution in [0.1, 0.15) is 28.9 Å². The summed E-state index contributed by atoms with van der Waals surface area (Å²) in [6, 6.07) is 3.63. The fourth-order valence-corrected chi connectivity index (χ4v) is 2.23. The van der Waals surface area contributed by atoms with Gasteiger partial charge in [0.2, 0.25) is 0 Å². The van der Waals surface area contributed by atoms with Crippen LogP contribution in [0.25, 0.3) is 5.95 Å². The lowest BCUT2D eigenvalue weighted by atomic mass is 10.4. The number of nitriles is 1. The van der Waals surface area contributed by atoms with Gasteiger partial charge in [0.05, 0.1) is 11.8 Å². The number of nitrogens with zero attached hydrogens (tertiary/aromatic N) is 6. The monoisotopic (exact) mass is 284 g/mol. The second kappa shape index (κ2) is 5.20. The van der Waals surface area contributed by atoms with Gasteiger partial charge in [0.15, 0.2) is 0 Å². The summed E-state index contributed by atoms with van der Waals surface area (Å²) in [6.07, 6.45) is 4.73. The van der Waals surface area contributed by atoms with Gasteiger partial charge in [-0.2, -0.15) is 15.3 Å². The Morgan fingerprint density at radius 1 is 1.33 bits per heavy atom. The van der Waals surface area contributed by atoms with Gasteiger partial charge >= 0.3 is 5.97 Å². The number of carboxylic acids is 1. The van der Waals surface area contributed by atoms with E-state index in [2.05, 4.69) is 20.0 Å². The summed E-state index contributed by atoms with van der Waals surface area (Å²) in [5.41, 5.74) is 0.276. The predicted molar refractivity (Wildman–Crippen MR) is 72.3 cm³/mol. The number of rotatable bonds is 3. The van der Waals surface area contributed by atoms with E-state index in [9.17, 15) is 4.79 Å². The third-order valence-electron chi connectivity index (χ3n) is 3.28. The van der Waals surface area contributed by atoms with E-state index in [4.69, 9.17) is 10.4 Å². The Labute approximate surface area is 120 Å². The minimum absolute atomic E-state index is 0.0451. The molecule has 3 rings (SSSR count). The zero-order chi connectivity index (χ0) is 14.8. The predicted octanol–water partition coefficient (Wildman–Crippen LogP) is 0.832. The number of aromatic nitrogens is 4. The van der Waals surface area contributed by atoms with Gasteiger partial charge in [-0.1, -0.05) is 0 Å². The van der Waals surface area contributed by atoms with Crippen molar-refractivity contribution in [3.63, 3.8) is 0 Å². The van der Waals surface area contributed by atoms with E-state index >= 15 is 0 Å². The van der Waals surface area contributed by atoms with Crippen LogP contribution in [0.15, 0.2) is 18.5 Å². The van der Waals surface area contributed by atoms with Crippen LogP contribution in [0.3, 0.4) is 0 Å². The van der Waals surface area contributed by atoms with Crippen LogP contribution in [-0.4, -0.2) is 43.9 Å². The maximum Gasteiger partial charge on any atom is 0.338 e. The molecule has 0 amide bonds. The molecule has 1 saturated heterocycles. The third-order valence-corrected chi connectivity index (χ3v) is 3.28. The molecule has 0 radical (unpaired) electrons. The molecule has 8 heteroatoms. The van der Waals surface area contributed by atoms with Crippen molar-refractivity contribution in [3.8, 4) is 12.0 Å². The highest BCUT2D eigenvalue weighted by atomic mass is 16.4. The second-order valence-electron chi connectivity index (χ2n) is 4.70. The number of carboxylic acid groups (broad SMARTS) is 1. The first kappa shape index (κ1) is 13.1. The van der Waals surface area contributed by atoms with Crippen molar-refractivity contribution < 1.29 is 9.90 Å². The first-order valence-corrected chi connectivity index (χ1v) is 6.50. The van der Waals surface area contributed by atoms with Gasteiger partial charge in [-0.3, -0.25) is 0 Å². The van der Waals surface area contributed by atoms with E-state index in [-0.39, 0.29) is 17.2 Å². The third kappa shape index (κ3) is 2.53. The fourth-order valence-electron chi connectivity index (χ4n) is 2.23. The second-order valence-corrected chi connectivity index (χ2v) is 4.70. The normalized spacial score (nSPS) is 14.1. The molecule has 0 atom stereocenters. The van der Waals surface area contributed by atoms with Crippen molar-refractivity contribution in [1.82, 2.24) is 19.7 Å². The molecule has 3 heterocycles. The van der Waals surface area contributed by atoms with Crippen LogP contribution in [0.2, 0.25) is 0 Å². The molecule has 0 spiro atoms. The number of carbonyl (C=O) groups is 1. The summed E-state index contributed by atoms with van der Waals surface area (Å²) >= 11 is 0. The van der Waals surface area contributed by atoms with Crippen LogP contribution in [0.4, 0.5) is 5.82 Å². The highest BCUT2D eigenvalue weighted by Crippen LogP contribution is 2.19. The van der Waals surface area contributed by atoms with Crippen LogP contribution in [-0.2, 0) is 0 Å². The Kier molecular flexibility index (Phi) is 3.23. The van der Waals surface area contributed by atoms with Crippen molar-refractivity contribution in [1.29, 1.82) is 5.26 Å². The Balaban J connectivity index is 2.02. The zero-order valence-corrected chi connectivity index (χ0v) is 11.1. The standard InChI is InChI=1S/C13H12N6O2/c14-6-10-5-11(18-3-1-2-4-18)17-13(16-10)19-8-9(7-15-19)12(20)21/h5,7-8H,1-4H2,(H,20,21). The Hall–Kier alpha value is -2.95. The lowest BCUT2D eigenvalue weighted by molar-refractivity contribution is 0.0697. The molecule has 0 unspecified atom stereocenters. The van der Waals surface area contributed by atoms with Crippen molar-refractivity contribution in [2.24, 2.45) is 0 Å². The molecule has 0 bridgehead atoms. The van der Waals surface area contributed by atoms with Crippen molar-refractivity contribution in [2.75, 3.05) is 18.0 Å². The van der Waals surface area contributed by atoms with Crippen molar-refractivity contribution in [2.45, 2.75) is 12.8 Å². The zero-order valence-electron chi connectivity index (χ0n) is 11.1. The quantitative estimate of drug-likeness (QED) is 0.889. The van der Waals surface area contributed by atoms with E-state index in [1.54, 1.807) is 6.07 Å². The molecule has 0 saturated carbocycles. The number of anilines is 1. The van der Waals surface area contributed by atoms with E-state index in [1.807, 2.05) is 6.07 Å². The highest BCUT2D eigenvalue weighted by molar-refractivity contribution is 5.86. The number of aromatic carboxylic acids is 1. The summed E-state index contributed by atoms with van der Waals surface area (Å²) in [6.45, 7) is 1.78. The SMILES string of the molecule is N#Cc1cc(N2CCCC2)nc(-n2cc(C(=O)O)cn2)n1. The van der Waals surface area contributed by atoms with Gasteiger partial charge < -0.3 is 10.0 Å². The molecule has 8 nitrogen and oxygen atoms in total. The lowest BCUT2D eigenvalue weighted by Gasteiger charge is -2.16. The largest absolute Gasteiger partial charge is 0.478 e. The van der Waals surface area contributed by atoms with Gasteiger partial charge in [-0.05, 0) is 12.8 Å². The molecule has 2 aromatic rings. The maximum absolute atomic E-state index is 10.9. The molecule has 1 aliphatic heterocycles. The molecule has 1 N–H and O–H groups in total. The Morgan fingerprint density at radius 3 is 2.71 bits per heavy atom. The topological polar surface area (TPSA) is 108 Å². The molecule has 2 aromatic heterocycles. The highest BCUT2D eigenvalue weighted by Gasteiger charge is 2.17. The summed E-state index contributed by atoms with van der Waals surface area (Å²) in [7, 11) is 0. The minimum Gasteiger partial charge on any atom is -0.478 e. The molecular formula is C13H12N6O2. The molecular weight excluding hydrogens is 272 g/mol. The maximum atomic E-state index is 10.9. The van der Waals surface area contributed by atoms with E-state index in [0.717, 1.165) is 25.9 Å². The van der Waals surface area contributed by atoms with Gasteiger partial charge in [-0.15, -0.1) is 0 Å². The van der Waals surface area contributed by atoms with Gasteiger partial charge in [0.1, 0.15) is 17.6 Å². The van der Waals surface area contributed by atoms with Crippen LogP contribution < -0.4 is 4.90 Å². The molecule has 21 heavy (non-hydrogen) atoms. The molecule has 1 aliphatic rings. The molecule has 106 valence electrons. The molecule has 1 fully saturated rings. The minimum atomic E-state index is -1.07. The summed E-state index contributed by atoms with van der Waals surface area (Å²) < 4.78 is 1.27. The first-order chi connectivity index (χ1) is 10.2. The Bertz CT molecular complexity index is 727. The molecule has 0 aromatic carbocycles. The summed E-state index contributed by atoms with van der Waals surface area (Å²) in [5.74, 6) is -0.206. The van der Waals surface area contributed by atoms with Gasteiger partial charge in [0.25, 0.3) is 5.95 Å². The van der Waals surface area contributed by atoms with Gasteiger partial charge in [-0.25, -0.2) is 14.5 Å². The average Bonchev–Trinajstić information content (AvgIpc) is 3.18. The van der Waals surface area contributed by atoms with Crippen molar-refractivity contribution in [3.05, 3.63) is 29.7 Å². The first-order valence-electron chi connectivity index (χ1n) is 6.50. The summed E-state index contributed by atoms with van der Waals surface area (Å²) in [4.78, 5) is 21.4. The van der Waals surface area contributed by atoms with E-state index in [1.165, 1.54) is 17.1 Å². The number of hydrogen-bond acceptors (Lipinski definition) is 6.